The maximum absolute atomic E-state index is 11.5. The summed E-state index contributed by atoms with van der Waals surface area (Å²) in [5.41, 5.74) is 1.33. The summed E-state index contributed by atoms with van der Waals surface area (Å²) < 4.78 is 0.735. The van der Waals surface area contributed by atoms with Gasteiger partial charge in [-0.25, -0.2) is 9.97 Å². The molecule has 84 valence electrons. The van der Waals surface area contributed by atoms with E-state index < -0.39 is 0 Å². The molecule has 0 aliphatic heterocycles. The van der Waals surface area contributed by atoms with Crippen LogP contribution in [0.4, 0.5) is 5.95 Å². The molecule has 2 aromatic heterocycles. The van der Waals surface area contributed by atoms with Crippen LogP contribution in [0.1, 0.15) is 13.8 Å². The summed E-state index contributed by atoms with van der Waals surface area (Å²) >= 11 is 2.07. The SMILES string of the molecule is CC(C)C(=O)Nc1nc(I)c2[nH]cnc2n1. The summed E-state index contributed by atoms with van der Waals surface area (Å²) in [4.78, 5) is 26.7. The number of rotatable bonds is 2. The van der Waals surface area contributed by atoms with Gasteiger partial charge in [-0.1, -0.05) is 13.8 Å². The first-order valence-electron chi connectivity index (χ1n) is 4.75. The van der Waals surface area contributed by atoms with Crippen molar-refractivity contribution < 1.29 is 4.79 Å². The number of carbonyl (C=O) groups is 1. The van der Waals surface area contributed by atoms with Crippen LogP contribution in [-0.4, -0.2) is 25.8 Å². The average molecular weight is 331 g/mol. The number of imidazole rings is 1. The van der Waals surface area contributed by atoms with E-state index in [-0.39, 0.29) is 11.8 Å². The van der Waals surface area contributed by atoms with Crippen molar-refractivity contribution in [1.29, 1.82) is 0 Å². The Labute approximate surface area is 105 Å². The highest BCUT2D eigenvalue weighted by Gasteiger charge is 2.12. The van der Waals surface area contributed by atoms with Crippen molar-refractivity contribution in [3.8, 4) is 0 Å². The second-order valence-corrected chi connectivity index (χ2v) is 4.60. The maximum atomic E-state index is 11.5. The van der Waals surface area contributed by atoms with E-state index in [1.807, 2.05) is 13.8 Å². The molecule has 0 aliphatic rings. The van der Waals surface area contributed by atoms with Gasteiger partial charge in [-0.2, -0.15) is 4.98 Å². The Bertz CT molecular complexity index is 536. The minimum atomic E-state index is -0.106. The number of hydrogen-bond donors (Lipinski definition) is 2. The predicted octanol–water partition coefficient (Wildman–Crippen LogP) is 1.55. The second-order valence-electron chi connectivity index (χ2n) is 3.58. The number of fused-ring (bicyclic) bond motifs is 1. The fraction of sp³-hybridized carbons (Fsp3) is 0.333. The summed E-state index contributed by atoms with van der Waals surface area (Å²) in [6.07, 6.45) is 1.55. The third-order valence-corrected chi connectivity index (χ3v) is 2.78. The summed E-state index contributed by atoms with van der Waals surface area (Å²) in [6.45, 7) is 3.63. The molecule has 0 bridgehead atoms. The molecule has 7 heteroatoms. The first-order chi connectivity index (χ1) is 7.58. The molecule has 0 aliphatic carbocycles. The monoisotopic (exact) mass is 331 g/mol. The van der Waals surface area contributed by atoms with Crippen molar-refractivity contribution in [2.24, 2.45) is 5.92 Å². The molecule has 0 radical (unpaired) electrons. The fourth-order valence-corrected chi connectivity index (χ4v) is 1.73. The van der Waals surface area contributed by atoms with Crippen LogP contribution in [0.5, 0.6) is 0 Å². The third-order valence-electron chi connectivity index (χ3n) is 2.00. The first-order valence-corrected chi connectivity index (χ1v) is 5.83. The number of carbonyl (C=O) groups excluding carboxylic acids is 1. The van der Waals surface area contributed by atoms with Gasteiger partial charge in [0, 0.05) is 5.92 Å². The molecule has 2 N–H and O–H groups in total. The number of aromatic nitrogens is 4. The molecule has 16 heavy (non-hydrogen) atoms. The van der Waals surface area contributed by atoms with Crippen LogP contribution in [-0.2, 0) is 4.79 Å². The molecule has 0 unspecified atom stereocenters. The number of amides is 1. The van der Waals surface area contributed by atoms with Gasteiger partial charge in [0.2, 0.25) is 11.9 Å². The van der Waals surface area contributed by atoms with Crippen LogP contribution >= 0.6 is 22.6 Å². The Balaban J connectivity index is 2.35. The maximum Gasteiger partial charge on any atom is 0.232 e. The highest BCUT2D eigenvalue weighted by molar-refractivity contribution is 14.1. The molecule has 6 nitrogen and oxygen atoms in total. The summed E-state index contributed by atoms with van der Waals surface area (Å²) in [6, 6.07) is 0. The largest absolute Gasteiger partial charge is 0.341 e. The van der Waals surface area contributed by atoms with Crippen molar-refractivity contribution in [2.45, 2.75) is 13.8 Å². The van der Waals surface area contributed by atoms with Gasteiger partial charge in [0.1, 0.15) is 9.22 Å². The predicted molar refractivity (Wildman–Crippen MR) is 67.9 cm³/mol. The Hall–Kier alpha value is -1.25. The van der Waals surface area contributed by atoms with E-state index in [1.54, 1.807) is 6.33 Å². The third kappa shape index (κ3) is 2.13. The van der Waals surface area contributed by atoms with Crippen LogP contribution in [0, 0.1) is 9.62 Å². The Morgan fingerprint density at radius 3 is 2.94 bits per heavy atom. The van der Waals surface area contributed by atoms with E-state index in [1.165, 1.54) is 0 Å². The lowest BCUT2D eigenvalue weighted by Gasteiger charge is -2.05. The van der Waals surface area contributed by atoms with E-state index >= 15 is 0 Å². The average Bonchev–Trinajstić information content (AvgIpc) is 2.65. The topological polar surface area (TPSA) is 83.6 Å². The van der Waals surface area contributed by atoms with E-state index in [4.69, 9.17) is 0 Å². The van der Waals surface area contributed by atoms with Gasteiger partial charge < -0.3 is 4.98 Å². The standard InChI is InChI=1S/C9H10IN5O/c1-4(2)8(16)15-9-13-6(10)5-7(14-9)12-3-11-5/h3-4H,1-2H3,(H2,11,12,13,14,15,16). The molecule has 0 spiro atoms. The number of hydrogen-bond acceptors (Lipinski definition) is 4. The molecule has 0 atom stereocenters. The number of aromatic amines is 1. The normalized spacial score (nSPS) is 11.0. The van der Waals surface area contributed by atoms with Crippen LogP contribution < -0.4 is 5.32 Å². The van der Waals surface area contributed by atoms with E-state index in [0.717, 1.165) is 9.22 Å². The van der Waals surface area contributed by atoms with Gasteiger partial charge in [0.25, 0.3) is 0 Å². The quantitative estimate of drug-likeness (QED) is 0.646. The van der Waals surface area contributed by atoms with Crippen molar-refractivity contribution >= 4 is 45.6 Å². The van der Waals surface area contributed by atoms with Gasteiger partial charge in [0.15, 0.2) is 5.65 Å². The lowest BCUT2D eigenvalue weighted by atomic mass is 10.2. The zero-order valence-electron chi connectivity index (χ0n) is 8.78. The van der Waals surface area contributed by atoms with Gasteiger partial charge >= 0.3 is 0 Å². The number of halogens is 1. The molecular formula is C9H10IN5O. The van der Waals surface area contributed by atoms with Crippen LogP contribution in [0.15, 0.2) is 6.33 Å². The lowest BCUT2D eigenvalue weighted by Crippen LogP contribution is -2.19. The van der Waals surface area contributed by atoms with Gasteiger partial charge in [-0.15, -0.1) is 0 Å². The number of H-pyrrole nitrogens is 1. The molecule has 1 amide bonds. The highest BCUT2D eigenvalue weighted by atomic mass is 127. The minimum absolute atomic E-state index is 0.101. The molecule has 0 saturated carbocycles. The van der Waals surface area contributed by atoms with Crippen molar-refractivity contribution in [1.82, 2.24) is 19.9 Å². The molecule has 2 aromatic rings. The Morgan fingerprint density at radius 2 is 2.25 bits per heavy atom. The second kappa shape index (κ2) is 4.32. The number of anilines is 1. The molecule has 2 rings (SSSR count). The summed E-state index contributed by atoms with van der Waals surface area (Å²) in [5, 5.41) is 2.64. The van der Waals surface area contributed by atoms with Crippen molar-refractivity contribution in [2.75, 3.05) is 5.32 Å². The number of nitrogens with zero attached hydrogens (tertiary/aromatic N) is 3. The van der Waals surface area contributed by atoms with Crippen LogP contribution in [0.25, 0.3) is 11.2 Å². The fourth-order valence-electron chi connectivity index (χ4n) is 1.11. The van der Waals surface area contributed by atoms with Crippen molar-refractivity contribution in [3.05, 3.63) is 10.0 Å². The van der Waals surface area contributed by atoms with E-state index in [9.17, 15) is 4.79 Å². The lowest BCUT2D eigenvalue weighted by molar-refractivity contribution is -0.118. The summed E-state index contributed by atoms with van der Waals surface area (Å²) in [7, 11) is 0. The molecule has 0 saturated heterocycles. The van der Waals surface area contributed by atoms with Crippen molar-refractivity contribution in [3.63, 3.8) is 0 Å². The van der Waals surface area contributed by atoms with Gasteiger partial charge in [-0.3, -0.25) is 10.1 Å². The van der Waals surface area contributed by atoms with Gasteiger partial charge in [-0.05, 0) is 22.6 Å². The van der Waals surface area contributed by atoms with E-state index in [2.05, 4.69) is 47.8 Å². The van der Waals surface area contributed by atoms with Gasteiger partial charge in [0.05, 0.1) is 6.33 Å². The first kappa shape index (κ1) is 11.2. The Kier molecular flexibility index (Phi) is 3.03. The van der Waals surface area contributed by atoms with E-state index in [0.29, 0.717) is 11.6 Å². The zero-order valence-corrected chi connectivity index (χ0v) is 10.9. The number of nitrogens with one attached hydrogen (secondary N) is 2. The minimum Gasteiger partial charge on any atom is -0.341 e. The molecule has 0 aromatic carbocycles. The summed E-state index contributed by atoms with van der Waals surface area (Å²) in [5.74, 6) is 0.0875. The Morgan fingerprint density at radius 1 is 1.50 bits per heavy atom. The smallest absolute Gasteiger partial charge is 0.232 e. The molecular weight excluding hydrogens is 321 g/mol. The molecule has 0 fully saturated rings. The molecule has 2 heterocycles. The highest BCUT2D eigenvalue weighted by Crippen LogP contribution is 2.15. The van der Waals surface area contributed by atoms with Crippen LogP contribution in [0.3, 0.4) is 0 Å². The zero-order chi connectivity index (χ0) is 11.7. The van der Waals surface area contributed by atoms with Crippen LogP contribution in [0.2, 0.25) is 0 Å².